The van der Waals surface area contributed by atoms with E-state index >= 15 is 0 Å². The Morgan fingerprint density at radius 3 is 1.35 bits per heavy atom. The summed E-state index contributed by atoms with van der Waals surface area (Å²) in [6.07, 6.45) is 1.03. The minimum absolute atomic E-state index is 0.194. The van der Waals surface area contributed by atoms with Crippen molar-refractivity contribution >= 4 is 24.8 Å². The van der Waals surface area contributed by atoms with E-state index in [1.807, 2.05) is 12.2 Å². The van der Waals surface area contributed by atoms with Crippen molar-refractivity contribution in [2.24, 2.45) is 0 Å². The first-order chi connectivity index (χ1) is 22.2. The Labute approximate surface area is 293 Å². The molecule has 0 saturated heterocycles. The molecule has 1 aliphatic rings. The number of halogens is 6. The van der Waals surface area contributed by atoms with E-state index in [2.05, 4.69) is 96.2 Å². The van der Waals surface area contributed by atoms with Crippen molar-refractivity contribution in [2.75, 3.05) is 0 Å². The molecule has 0 nitrogen and oxygen atoms in total. The van der Waals surface area contributed by atoms with Crippen LogP contribution in [0, 0.1) is 6.08 Å². The van der Waals surface area contributed by atoms with E-state index in [9.17, 15) is 26.3 Å². The summed E-state index contributed by atoms with van der Waals surface area (Å²) in [4.78, 5) is 0. The molecule has 0 atom stereocenters. The number of rotatable bonds is 2. The fraction of sp³-hybridized carbons (Fsp3) is 0.268. The molecule has 1 aliphatic carbocycles. The summed E-state index contributed by atoms with van der Waals surface area (Å²) in [6, 6.07) is 25.3. The Morgan fingerprint density at radius 2 is 1.04 bits per heavy atom. The first kappa shape index (κ1) is 37.4. The molecule has 48 heavy (non-hydrogen) atoms. The topological polar surface area (TPSA) is 0 Å². The Balaban J connectivity index is 0.000000189. The molecule has 0 aliphatic heterocycles. The fourth-order valence-corrected chi connectivity index (χ4v) is 5.90. The van der Waals surface area contributed by atoms with Gasteiger partial charge in [0.2, 0.25) is 0 Å². The van der Waals surface area contributed by atoms with Crippen LogP contribution in [-0.2, 0) is 47.4 Å². The van der Waals surface area contributed by atoms with Crippen molar-refractivity contribution in [3.8, 4) is 0 Å². The largest absolute Gasteiger partial charge is 0.273 e. The van der Waals surface area contributed by atoms with Crippen LogP contribution in [0.1, 0.15) is 81.3 Å². The molecule has 0 bridgehead atoms. The van der Waals surface area contributed by atoms with Crippen molar-refractivity contribution in [1.82, 2.24) is 0 Å². The molecule has 0 N–H and O–H groups in total. The van der Waals surface area contributed by atoms with Gasteiger partial charge in [-0.05, 0) is 10.8 Å². The van der Waals surface area contributed by atoms with Crippen molar-refractivity contribution in [1.29, 1.82) is 0 Å². The van der Waals surface area contributed by atoms with Crippen molar-refractivity contribution < 1.29 is 50.6 Å². The molecule has 0 heterocycles. The van der Waals surface area contributed by atoms with Gasteiger partial charge in [-0.25, -0.2) is 12.2 Å². The van der Waals surface area contributed by atoms with Gasteiger partial charge < -0.3 is 0 Å². The first-order valence-corrected chi connectivity index (χ1v) is 16.8. The maximum atomic E-state index is 12.7. The Morgan fingerprint density at radius 1 is 0.604 bits per heavy atom. The fourth-order valence-electron chi connectivity index (χ4n) is 5.14. The average molecular weight is 736 g/mol. The molecule has 0 amide bonds. The van der Waals surface area contributed by atoms with E-state index in [-0.39, 0.29) is 22.0 Å². The summed E-state index contributed by atoms with van der Waals surface area (Å²) in [6.45, 7) is 13.7. The van der Waals surface area contributed by atoms with Crippen LogP contribution in [0.3, 0.4) is 0 Å². The molecule has 6 rings (SSSR count). The molecule has 0 fully saturated rings. The van der Waals surface area contributed by atoms with E-state index in [4.69, 9.17) is 0 Å². The van der Waals surface area contributed by atoms with Crippen LogP contribution < -0.4 is 0 Å². The van der Waals surface area contributed by atoms with Crippen LogP contribution in [0.15, 0.2) is 109 Å². The van der Waals surface area contributed by atoms with E-state index in [1.165, 1.54) is 56.9 Å². The van der Waals surface area contributed by atoms with Gasteiger partial charge in [0.1, 0.15) is 0 Å². The molecule has 0 unspecified atom stereocenters. The zero-order valence-corrected chi connectivity index (χ0v) is 30.3. The van der Waals surface area contributed by atoms with Gasteiger partial charge in [-0.3, -0.25) is 6.08 Å². The van der Waals surface area contributed by atoms with E-state index in [0.717, 1.165) is 54.9 Å². The molecule has 5 aromatic rings. The van der Waals surface area contributed by atoms with Crippen molar-refractivity contribution in [3.05, 3.63) is 149 Å². The number of allylic oxidation sites excluding steroid dienone is 4. The number of fused-ring (bicyclic) bond motifs is 3. The second-order valence-electron chi connectivity index (χ2n) is 13.8. The molecular formula is C41H38F6Zr. The van der Waals surface area contributed by atoms with Gasteiger partial charge in [-0.2, -0.15) is 6.08 Å². The third kappa shape index (κ3) is 9.59. The summed E-state index contributed by atoms with van der Waals surface area (Å²) in [5, 5.41) is 5.49. The molecule has 0 radical (unpaired) electrons. The smallest absolute Gasteiger partial charge is 0.109 e. The summed E-state index contributed by atoms with van der Waals surface area (Å²) >= 11 is 0.729. The van der Waals surface area contributed by atoms with Crippen LogP contribution in [0.25, 0.3) is 21.5 Å². The molecule has 0 spiro atoms. The standard InChI is InChI=1S/C21H25.C15H8F6.C5H5.Zr/c1-20(2,3)16-9-7-14-11-15-8-10-17(21(4,5)6)13-19(15)18(14)12-16;16-14(17,18)12-5-1-3-10(8-12)7-11-4-2-6-13(9-11)15(19,20)21;1-2-4-5-3-1;/h7-13H,1-6H3;1-6,8-9H;1-3H,4H2;/q-1;;-1;+2. The number of alkyl halides is 6. The summed E-state index contributed by atoms with van der Waals surface area (Å²) < 4.78 is 76.7. The van der Waals surface area contributed by atoms with Crippen LogP contribution in [0.2, 0.25) is 0 Å². The number of hydrogen-bond acceptors (Lipinski definition) is 0. The normalized spacial score (nSPS) is 13.3. The minimum Gasteiger partial charge on any atom is -0.273 e. The zero-order chi connectivity index (χ0) is 35.5. The SMILES string of the molecule is CC(C)(C)c1ccc2[cH-]c3ccc(C(C)(C)C)cc3c2c1.FC(F)(F)c1cccc([C](=[Zr+2])c2cccc(C(F)(F)F)c2)c1.[C-]1=CC=CC1. The molecular weight excluding hydrogens is 698 g/mol. The van der Waals surface area contributed by atoms with Crippen LogP contribution >= 0.6 is 0 Å². The zero-order valence-electron chi connectivity index (χ0n) is 27.9. The van der Waals surface area contributed by atoms with Crippen molar-refractivity contribution in [3.63, 3.8) is 0 Å². The molecule has 0 saturated carbocycles. The third-order valence-electron chi connectivity index (χ3n) is 7.98. The quantitative estimate of drug-likeness (QED) is 0.125. The Bertz CT molecular complexity index is 1820. The van der Waals surface area contributed by atoms with Crippen LogP contribution in [0.4, 0.5) is 26.3 Å². The summed E-state index contributed by atoms with van der Waals surface area (Å²) in [5.41, 5.74) is 2.10. The van der Waals surface area contributed by atoms with Gasteiger partial charge in [0.25, 0.3) is 0 Å². The van der Waals surface area contributed by atoms with E-state index in [0.29, 0.717) is 3.21 Å². The van der Waals surface area contributed by atoms with E-state index < -0.39 is 23.5 Å². The van der Waals surface area contributed by atoms with Crippen LogP contribution in [-0.4, -0.2) is 3.21 Å². The summed E-state index contributed by atoms with van der Waals surface area (Å²) in [5.74, 6) is 0. The van der Waals surface area contributed by atoms with Gasteiger partial charge >= 0.3 is 137 Å². The predicted molar refractivity (Wildman–Crippen MR) is 182 cm³/mol. The second kappa shape index (κ2) is 14.6. The molecule has 248 valence electrons. The van der Waals surface area contributed by atoms with Gasteiger partial charge in [-0.1, -0.05) is 76.9 Å². The molecule has 5 aromatic carbocycles. The van der Waals surface area contributed by atoms with Crippen molar-refractivity contribution in [2.45, 2.75) is 71.1 Å². The number of benzene rings is 4. The average Bonchev–Trinajstić information content (AvgIpc) is 3.71. The Kier molecular flexibility index (Phi) is 11.4. The predicted octanol–water partition coefficient (Wildman–Crippen LogP) is 12.5. The van der Waals surface area contributed by atoms with Gasteiger partial charge in [0.15, 0.2) is 0 Å². The summed E-state index contributed by atoms with van der Waals surface area (Å²) in [7, 11) is 0. The molecule has 0 aromatic heterocycles. The first-order valence-electron chi connectivity index (χ1n) is 15.5. The third-order valence-corrected chi connectivity index (χ3v) is 9.40. The Hall–Kier alpha value is -3.44. The van der Waals surface area contributed by atoms with Gasteiger partial charge in [-0.15, -0.1) is 46.2 Å². The second-order valence-corrected chi connectivity index (χ2v) is 15.0. The minimum atomic E-state index is -4.49. The molecule has 7 heteroatoms. The maximum absolute atomic E-state index is 12.7. The van der Waals surface area contributed by atoms with Gasteiger partial charge in [0, 0.05) is 0 Å². The maximum Gasteiger partial charge on any atom is -0.109 e. The monoisotopic (exact) mass is 734 g/mol. The van der Waals surface area contributed by atoms with Crippen LogP contribution in [0.5, 0.6) is 0 Å². The van der Waals surface area contributed by atoms with Gasteiger partial charge in [0.05, 0.1) is 0 Å². The van der Waals surface area contributed by atoms with E-state index in [1.54, 1.807) is 0 Å². The number of hydrogen-bond donors (Lipinski definition) is 0.